The van der Waals surface area contributed by atoms with Crippen molar-refractivity contribution in [2.24, 2.45) is 0 Å². The molecule has 0 spiro atoms. The van der Waals surface area contributed by atoms with E-state index in [1.807, 2.05) is 16.8 Å². The zero-order valence-electron chi connectivity index (χ0n) is 10.3. The number of likely N-dealkylation sites (N-methyl/N-ethyl adjacent to an activating group) is 1. The molecule has 1 aromatic heterocycles. The molecule has 0 amide bonds. The predicted octanol–water partition coefficient (Wildman–Crippen LogP) is 0.812. The number of anilines is 1. The van der Waals surface area contributed by atoms with Crippen LogP contribution in [0.3, 0.4) is 0 Å². The van der Waals surface area contributed by atoms with E-state index in [-0.39, 0.29) is 6.10 Å². The molecule has 0 aromatic carbocycles. The molecule has 1 aromatic rings. The van der Waals surface area contributed by atoms with Crippen molar-refractivity contribution in [3.63, 3.8) is 0 Å². The third-order valence-corrected chi connectivity index (χ3v) is 2.87. The van der Waals surface area contributed by atoms with Crippen molar-refractivity contribution in [2.45, 2.75) is 12.6 Å². The maximum Gasteiger partial charge on any atom is 0.203 e. The first-order valence-corrected chi connectivity index (χ1v) is 5.95. The van der Waals surface area contributed by atoms with Crippen LogP contribution in [0.15, 0.2) is 25.0 Å². The van der Waals surface area contributed by atoms with Crippen LogP contribution >= 0.6 is 0 Å². The van der Waals surface area contributed by atoms with Gasteiger partial charge in [0.1, 0.15) is 0 Å². The molecular weight excluding hydrogens is 216 g/mol. The first-order chi connectivity index (χ1) is 8.29. The first-order valence-electron chi connectivity index (χ1n) is 5.95. The maximum atomic E-state index is 5.69. The summed E-state index contributed by atoms with van der Waals surface area (Å²) in [6, 6.07) is 0. The molecule has 1 fully saturated rings. The molecule has 2 rings (SSSR count). The van der Waals surface area contributed by atoms with Gasteiger partial charge in [-0.05, 0) is 7.05 Å². The number of nitrogens with zero attached hydrogens (tertiary/aromatic N) is 3. The molecule has 0 radical (unpaired) electrons. The molecule has 0 aliphatic carbocycles. The van der Waals surface area contributed by atoms with E-state index in [2.05, 4.69) is 28.8 Å². The van der Waals surface area contributed by atoms with E-state index in [0.717, 1.165) is 38.7 Å². The van der Waals surface area contributed by atoms with E-state index in [1.165, 1.54) is 0 Å². The Hall–Kier alpha value is -1.33. The summed E-state index contributed by atoms with van der Waals surface area (Å²) >= 11 is 0. The Labute approximate surface area is 102 Å². The molecule has 5 heteroatoms. The molecule has 1 aliphatic heterocycles. The fourth-order valence-corrected chi connectivity index (χ4v) is 1.96. The van der Waals surface area contributed by atoms with Crippen molar-refractivity contribution in [3.8, 4) is 0 Å². The Morgan fingerprint density at radius 2 is 2.59 bits per heavy atom. The number of ether oxygens (including phenoxy) is 1. The minimum absolute atomic E-state index is 0.239. The highest BCUT2D eigenvalue weighted by molar-refractivity contribution is 5.26. The van der Waals surface area contributed by atoms with Gasteiger partial charge in [-0.3, -0.25) is 0 Å². The summed E-state index contributed by atoms with van der Waals surface area (Å²) in [5.74, 6) is 0.877. The number of imidazole rings is 1. The quantitative estimate of drug-likeness (QED) is 0.768. The fourth-order valence-electron chi connectivity index (χ4n) is 1.96. The van der Waals surface area contributed by atoms with Gasteiger partial charge >= 0.3 is 0 Å². The van der Waals surface area contributed by atoms with Crippen molar-refractivity contribution >= 4 is 5.95 Å². The van der Waals surface area contributed by atoms with Gasteiger partial charge in [-0.25, -0.2) is 4.98 Å². The highest BCUT2D eigenvalue weighted by atomic mass is 16.5. The second-order valence-corrected chi connectivity index (χ2v) is 4.33. The number of aromatic nitrogens is 2. The Bertz CT molecular complexity index is 363. The Balaban J connectivity index is 1.84. The van der Waals surface area contributed by atoms with Gasteiger partial charge in [-0.2, -0.15) is 0 Å². The number of rotatable bonds is 5. The molecule has 1 saturated heterocycles. The summed E-state index contributed by atoms with van der Waals surface area (Å²) in [6.07, 6.45) is 5.83. The molecule has 17 heavy (non-hydrogen) atoms. The fraction of sp³-hybridized carbons (Fsp3) is 0.583. The van der Waals surface area contributed by atoms with Crippen LogP contribution in [0.5, 0.6) is 0 Å². The molecule has 1 aliphatic rings. The van der Waals surface area contributed by atoms with E-state index in [1.54, 1.807) is 6.20 Å². The van der Waals surface area contributed by atoms with Gasteiger partial charge in [0.15, 0.2) is 0 Å². The average molecular weight is 236 g/mol. The van der Waals surface area contributed by atoms with Crippen LogP contribution in [0.2, 0.25) is 0 Å². The van der Waals surface area contributed by atoms with Crippen LogP contribution in [0.4, 0.5) is 5.95 Å². The van der Waals surface area contributed by atoms with Gasteiger partial charge in [0, 0.05) is 38.6 Å². The maximum absolute atomic E-state index is 5.69. The zero-order chi connectivity index (χ0) is 12.1. The van der Waals surface area contributed by atoms with Crippen LogP contribution in [0.1, 0.15) is 0 Å². The molecule has 0 bridgehead atoms. The summed E-state index contributed by atoms with van der Waals surface area (Å²) in [6.45, 7) is 8.08. The van der Waals surface area contributed by atoms with Crippen molar-refractivity contribution in [1.82, 2.24) is 14.5 Å². The third kappa shape index (κ3) is 3.31. The van der Waals surface area contributed by atoms with E-state index < -0.39 is 0 Å². The molecule has 1 atom stereocenters. The van der Waals surface area contributed by atoms with Crippen LogP contribution < -0.4 is 5.32 Å². The third-order valence-electron chi connectivity index (χ3n) is 2.87. The largest absolute Gasteiger partial charge is 0.374 e. The van der Waals surface area contributed by atoms with Gasteiger partial charge < -0.3 is 19.5 Å². The highest BCUT2D eigenvalue weighted by Crippen LogP contribution is 2.07. The summed E-state index contributed by atoms with van der Waals surface area (Å²) in [7, 11) is 2.12. The number of hydrogen-bond donors (Lipinski definition) is 1. The van der Waals surface area contributed by atoms with Crippen LogP contribution in [0, 0.1) is 0 Å². The molecule has 2 heterocycles. The SMILES string of the molecule is C=CCn1ccnc1NCC1CN(C)CCO1. The number of allylic oxidation sites excluding steroid dienone is 1. The lowest BCUT2D eigenvalue weighted by atomic mass is 10.3. The lowest BCUT2D eigenvalue weighted by molar-refractivity contribution is -0.0118. The smallest absolute Gasteiger partial charge is 0.203 e. The van der Waals surface area contributed by atoms with Crippen molar-refractivity contribution < 1.29 is 4.74 Å². The minimum Gasteiger partial charge on any atom is -0.374 e. The Morgan fingerprint density at radius 3 is 3.35 bits per heavy atom. The summed E-state index contributed by atoms with van der Waals surface area (Å²) in [5.41, 5.74) is 0. The molecule has 94 valence electrons. The van der Waals surface area contributed by atoms with E-state index in [4.69, 9.17) is 4.74 Å². The second kappa shape index (κ2) is 5.84. The minimum atomic E-state index is 0.239. The van der Waals surface area contributed by atoms with E-state index >= 15 is 0 Å². The summed E-state index contributed by atoms with van der Waals surface area (Å²) in [5, 5.41) is 3.32. The first kappa shape index (κ1) is 12.1. The monoisotopic (exact) mass is 236 g/mol. The van der Waals surface area contributed by atoms with Gasteiger partial charge in [0.2, 0.25) is 5.95 Å². The van der Waals surface area contributed by atoms with Crippen molar-refractivity contribution in [3.05, 3.63) is 25.0 Å². The van der Waals surface area contributed by atoms with Crippen molar-refractivity contribution in [2.75, 3.05) is 38.6 Å². The van der Waals surface area contributed by atoms with Crippen LogP contribution in [0.25, 0.3) is 0 Å². The normalized spacial score (nSPS) is 21.4. The van der Waals surface area contributed by atoms with Crippen LogP contribution in [-0.4, -0.2) is 53.8 Å². The van der Waals surface area contributed by atoms with Crippen LogP contribution in [-0.2, 0) is 11.3 Å². The lowest BCUT2D eigenvalue weighted by Crippen LogP contribution is -2.43. The molecule has 5 nitrogen and oxygen atoms in total. The number of nitrogens with one attached hydrogen (secondary N) is 1. The van der Waals surface area contributed by atoms with E-state index in [0.29, 0.717) is 0 Å². The zero-order valence-corrected chi connectivity index (χ0v) is 10.3. The lowest BCUT2D eigenvalue weighted by Gasteiger charge is -2.30. The average Bonchev–Trinajstić information content (AvgIpc) is 2.75. The summed E-state index contributed by atoms with van der Waals surface area (Å²) in [4.78, 5) is 6.56. The molecular formula is C12H20N4O. The topological polar surface area (TPSA) is 42.3 Å². The standard InChI is InChI=1S/C12H20N4O/c1-3-5-16-6-4-13-12(16)14-9-11-10-15(2)7-8-17-11/h3-4,6,11H,1,5,7-10H2,2H3,(H,13,14). The highest BCUT2D eigenvalue weighted by Gasteiger charge is 2.17. The molecule has 0 saturated carbocycles. The van der Waals surface area contributed by atoms with Gasteiger partial charge in [0.05, 0.1) is 12.7 Å². The molecule has 1 unspecified atom stereocenters. The van der Waals surface area contributed by atoms with Crippen molar-refractivity contribution in [1.29, 1.82) is 0 Å². The van der Waals surface area contributed by atoms with Gasteiger partial charge in [-0.15, -0.1) is 6.58 Å². The van der Waals surface area contributed by atoms with Gasteiger partial charge in [0.25, 0.3) is 0 Å². The number of hydrogen-bond acceptors (Lipinski definition) is 4. The second-order valence-electron chi connectivity index (χ2n) is 4.33. The Kier molecular flexibility index (Phi) is 4.17. The predicted molar refractivity (Wildman–Crippen MR) is 68.2 cm³/mol. The van der Waals surface area contributed by atoms with E-state index in [9.17, 15) is 0 Å². The van der Waals surface area contributed by atoms with Gasteiger partial charge in [-0.1, -0.05) is 6.08 Å². The molecule has 1 N–H and O–H groups in total. The number of morpholine rings is 1. The summed E-state index contributed by atoms with van der Waals surface area (Å²) < 4.78 is 7.71. The Morgan fingerprint density at radius 1 is 1.71 bits per heavy atom.